The number of carbonyl (C=O) groups is 2. The summed E-state index contributed by atoms with van der Waals surface area (Å²) in [4.78, 5) is 24.5. The Balaban J connectivity index is 1.54. The molecule has 0 spiro atoms. The van der Waals surface area contributed by atoms with Crippen LogP contribution in [0.25, 0.3) is 0 Å². The van der Waals surface area contributed by atoms with Crippen LogP contribution in [0.15, 0.2) is 77.9 Å². The molecular formula is C25H23ClN2O4. The molecule has 0 aliphatic carbocycles. The van der Waals surface area contributed by atoms with Gasteiger partial charge in [0.15, 0.2) is 0 Å². The number of esters is 1. The monoisotopic (exact) mass is 450 g/mol. The summed E-state index contributed by atoms with van der Waals surface area (Å²) in [5, 5.41) is 4.52. The number of hydrogen-bond acceptors (Lipinski definition) is 5. The van der Waals surface area contributed by atoms with Crippen LogP contribution in [0, 0.1) is 0 Å². The van der Waals surface area contributed by atoms with Crippen molar-refractivity contribution < 1.29 is 19.1 Å². The highest BCUT2D eigenvalue weighted by atomic mass is 35.5. The molecule has 0 fully saturated rings. The molecule has 3 rings (SSSR count). The van der Waals surface area contributed by atoms with E-state index in [9.17, 15) is 9.59 Å². The Kier molecular flexibility index (Phi) is 8.40. The van der Waals surface area contributed by atoms with E-state index in [4.69, 9.17) is 21.1 Å². The fourth-order valence-electron chi connectivity index (χ4n) is 2.68. The molecule has 7 heteroatoms. The van der Waals surface area contributed by atoms with E-state index in [0.717, 1.165) is 18.6 Å². The molecule has 3 aromatic carbocycles. The van der Waals surface area contributed by atoms with Crippen LogP contribution in [0.2, 0.25) is 5.02 Å². The standard InChI is InChI=1S/C25H23ClN2O4/c1-2-3-15-31-22-13-9-19(10-14-22)24(29)28-27-17-18-5-4-6-23(16-18)32-25(30)20-7-11-21(26)12-8-20/h4-14,16-17H,2-3,15H2,1H3,(H,28,29). The van der Waals surface area contributed by atoms with Gasteiger partial charge >= 0.3 is 5.97 Å². The van der Waals surface area contributed by atoms with E-state index < -0.39 is 5.97 Å². The van der Waals surface area contributed by atoms with Crippen LogP contribution < -0.4 is 14.9 Å². The van der Waals surface area contributed by atoms with E-state index in [-0.39, 0.29) is 5.91 Å². The summed E-state index contributed by atoms with van der Waals surface area (Å²) in [6.45, 7) is 2.75. The number of ether oxygens (including phenoxy) is 2. The summed E-state index contributed by atoms with van der Waals surface area (Å²) in [5.74, 6) is 0.250. The van der Waals surface area contributed by atoms with Gasteiger partial charge in [-0.1, -0.05) is 37.1 Å². The molecule has 0 aliphatic heterocycles. The van der Waals surface area contributed by atoms with Crippen molar-refractivity contribution in [3.63, 3.8) is 0 Å². The maximum atomic E-state index is 12.3. The van der Waals surface area contributed by atoms with Gasteiger partial charge in [-0.25, -0.2) is 10.2 Å². The lowest BCUT2D eigenvalue weighted by molar-refractivity contribution is 0.0734. The predicted octanol–water partition coefficient (Wildman–Crippen LogP) is 5.50. The first-order valence-electron chi connectivity index (χ1n) is 10.2. The average Bonchev–Trinajstić information content (AvgIpc) is 2.80. The molecule has 0 bridgehead atoms. The van der Waals surface area contributed by atoms with Gasteiger partial charge in [-0.15, -0.1) is 0 Å². The van der Waals surface area contributed by atoms with Crippen molar-refractivity contribution in [2.45, 2.75) is 19.8 Å². The summed E-state index contributed by atoms with van der Waals surface area (Å²) >= 11 is 5.84. The van der Waals surface area contributed by atoms with Gasteiger partial charge < -0.3 is 9.47 Å². The van der Waals surface area contributed by atoms with E-state index in [2.05, 4.69) is 17.5 Å². The molecule has 32 heavy (non-hydrogen) atoms. The van der Waals surface area contributed by atoms with Gasteiger partial charge in [-0.2, -0.15) is 5.10 Å². The lowest BCUT2D eigenvalue weighted by atomic mass is 10.2. The van der Waals surface area contributed by atoms with E-state index >= 15 is 0 Å². The number of benzene rings is 3. The zero-order valence-corrected chi connectivity index (χ0v) is 18.3. The molecule has 164 valence electrons. The Bertz CT molecular complexity index is 1080. The Hall–Kier alpha value is -3.64. The van der Waals surface area contributed by atoms with Gasteiger partial charge in [-0.3, -0.25) is 4.79 Å². The molecule has 3 aromatic rings. The quantitative estimate of drug-likeness (QED) is 0.153. The average molecular weight is 451 g/mol. The fraction of sp³-hybridized carbons (Fsp3) is 0.160. The highest BCUT2D eigenvalue weighted by Gasteiger charge is 2.09. The Morgan fingerprint density at radius 3 is 2.41 bits per heavy atom. The fourth-order valence-corrected chi connectivity index (χ4v) is 2.80. The lowest BCUT2D eigenvalue weighted by Gasteiger charge is -2.06. The van der Waals surface area contributed by atoms with Gasteiger partial charge in [0.1, 0.15) is 11.5 Å². The van der Waals surface area contributed by atoms with Crippen LogP contribution in [0.4, 0.5) is 0 Å². The molecule has 0 saturated carbocycles. The second-order valence-corrected chi connectivity index (χ2v) is 7.33. The van der Waals surface area contributed by atoms with Crippen LogP contribution in [0.5, 0.6) is 11.5 Å². The zero-order chi connectivity index (χ0) is 22.8. The minimum Gasteiger partial charge on any atom is -0.494 e. The van der Waals surface area contributed by atoms with E-state index in [1.54, 1.807) is 72.8 Å². The molecule has 1 amide bonds. The molecule has 0 aromatic heterocycles. The number of nitrogens with zero attached hydrogens (tertiary/aromatic N) is 1. The van der Waals surface area contributed by atoms with Gasteiger partial charge in [-0.05, 0) is 72.6 Å². The molecule has 0 heterocycles. The first-order valence-corrected chi connectivity index (χ1v) is 10.6. The number of carbonyl (C=O) groups excluding carboxylic acids is 2. The van der Waals surface area contributed by atoms with Crippen LogP contribution in [-0.4, -0.2) is 24.7 Å². The van der Waals surface area contributed by atoms with Crippen molar-refractivity contribution in [3.8, 4) is 11.5 Å². The Labute approximate surface area is 191 Å². The molecule has 1 N–H and O–H groups in total. The van der Waals surface area contributed by atoms with Gasteiger partial charge in [0.2, 0.25) is 0 Å². The first-order chi connectivity index (χ1) is 15.5. The number of hydrogen-bond donors (Lipinski definition) is 1. The number of hydrazone groups is 1. The Morgan fingerprint density at radius 1 is 0.969 bits per heavy atom. The number of rotatable bonds is 9. The lowest BCUT2D eigenvalue weighted by Crippen LogP contribution is -2.17. The van der Waals surface area contributed by atoms with Crippen molar-refractivity contribution in [3.05, 3.63) is 94.5 Å². The third kappa shape index (κ3) is 6.96. The van der Waals surface area contributed by atoms with Crippen molar-refractivity contribution in [2.75, 3.05) is 6.61 Å². The molecule has 0 atom stereocenters. The highest BCUT2D eigenvalue weighted by Crippen LogP contribution is 2.16. The summed E-state index contributed by atoms with van der Waals surface area (Å²) < 4.78 is 11.0. The van der Waals surface area contributed by atoms with E-state index in [1.165, 1.54) is 6.21 Å². The van der Waals surface area contributed by atoms with Gasteiger partial charge in [0.25, 0.3) is 5.91 Å². The minimum absolute atomic E-state index is 0.341. The molecular weight excluding hydrogens is 428 g/mol. The van der Waals surface area contributed by atoms with Crippen molar-refractivity contribution >= 4 is 29.7 Å². The first kappa shape index (κ1) is 23.0. The SMILES string of the molecule is CCCCOc1ccc(C(=O)NN=Cc2cccc(OC(=O)c3ccc(Cl)cc3)c2)cc1. The second kappa shape index (κ2) is 11.7. The maximum absolute atomic E-state index is 12.3. The summed E-state index contributed by atoms with van der Waals surface area (Å²) in [6.07, 6.45) is 3.52. The van der Waals surface area contributed by atoms with E-state index in [0.29, 0.717) is 34.1 Å². The second-order valence-electron chi connectivity index (χ2n) is 6.89. The third-order valence-corrected chi connectivity index (χ3v) is 4.66. The van der Waals surface area contributed by atoms with Crippen LogP contribution in [-0.2, 0) is 0 Å². The largest absolute Gasteiger partial charge is 0.494 e. The molecule has 0 unspecified atom stereocenters. The maximum Gasteiger partial charge on any atom is 0.343 e. The minimum atomic E-state index is -0.494. The van der Waals surface area contributed by atoms with Crippen molar-refractivity contribution in [1.82, 2.24) is 5.43 Å². The summed E-state index contributed by atoms with van der Waals surface area (Å²) in [7, 11) is 0. The number of amides is 1. The zero-order valence-electron chi connectivity index (χ0n) is 17.6. The number of nitrogens with one attached hydrogen (secondary N) is 1. The normalized spacial score (nSPS) is 10.7. The van der Waals surface area contributed by atoms with Gasteiger partial charge in [0.05, 0.1) is 18.4 Å². The van der Waals surface area contributed by atoms with Crippen LogP contribution in [0.1, 0.15) is 46.0 Å². The van der Waals surface area contributed by atoms with E-state index in [1.807, 2.05) is 0 Å². The van der Waals surface area contributed by atoms with Crippen molar-refractivity contribution in [1.29, 1.82) is 0 Å². The number of unbranched alkanes of at least 4 members (excludes halogenated alkanes) is 1. The topological polar surface area (TPSA) is 77.0 Å². The smallest absolute Gasteiger partial charge is 0.343 e. The molecule has 0 saturated heterocycles. The van der Waals surface area contributed by atoms with Crippen LogP contribution in [0.3, 0.4) is 0 Å². The molecule has 0 radical (unpaired) electrons. The van der Waals surface area contributed by atoms with Crippen LogP contribution >= 0.6 is 11.6 Å². The predicted molar refractivity (Wildman–Crippen MR) is 125 cm³/mol. The summed E-state index contributed by atoms with van der Waals surface area (Å²) in [6, 6.07) is 20.1. The number of halogens is 1. The summed E-state index contributed by atoms with van der Waals surface area (Å²) in [5.41, 5.74) is 4.00. The highest BCUT2D eigenvalue weighted by molar-refractivity contribution is 6.30. The third-order valence-electron chi connectivity index (χ3n) is 4.41. The molecule has 6 nitrogen and oxygen atoms in total. The van der Waals surface area contributed by atoms with Gasteiger partial charge in [0, 0.05) is 10.6 Å². The molecule has 0 aliphatic rings. The Morgan fingerprint density at radius 2 is 1.69 bits per heavy atom. The van der Waals surface area contributed by atoms with Crippen molar-refractivity contribution in [2.24, 2.45) is 5.10 Å².